The Labute approximate surface area is 123 Å². The molecule has 0 unspecified atom stereocenters. The Kier molecular flexibility index (Phi) is 4.84. The van der Waals surface area contributed by atoms with E-state index in [9.17, 15) is 4.79 Å². The maximum atomic E-state index is 12.1. The summed E-state index contributed by atoms with van der Waals surface area (Å²) in [5.41, 5.74) is 1.78. The maximum absolute atomic E-state index is 12.1. The summed E-state index contributed by atoms with van der Waals surface area (Å²) >= 11 is 1.43. The molecule has 1 N–H and O–H groups in total. The van der Waals surface area contributed by atoms with Gasteiger partial charge in [0.05, 0.1) is 5.69 Å². The van der Waals surface area contributed by atoms with Crippen LogP contribution in [0.2, 0.25) is 0 Å². The number of amides is 1. The van der Waals surface area contributed by atoms with E-state index in [1.54, 1.807) is 12.4 Å². The molecule has 2 aromatic heterocycles. The first-order chi connectivity index (χ1) is 9.58. The number of carbonyl (C=O) groups excluding carboxylic acids is 1. The standard InChI is InChI=1S/C15H19N3OS/c1-10(2)4-9-17-14(19)13-11(3)18-15(20-13)12-5-7-16-8-6-12/h5-8,10H,4,9H2,1-3H3,(H,17,19). The number of aryl methyl sites for hydroxylation is 1. The quantitative estimate of drug-likeness (QED) is 0.919. The molecule has 0 aliphatic rings. The molecule has 2 rings (SSSR count). The van der Waals surface area contributed by atoms with Crippen molar-refractivity contribution < 1.29 is 4.79 Å². The molecule has 0 aliphatic heterocycles. The Hall–Kier alpha value is -1.75. The molecule has 0 aliphatic carbocycles. The van der Waals surface area contributed by atoms with Gasteiger partial charge in [-0.2, -0.15) is 0 Å². The summed E-state index contributed by atoms with van der Waals surface area (Å²) in [7, 11) is 0. The van der Waals surface area contributed by atoms with Crippen molar-refractivity contribution in [2.75, 3.05) is 6.54 Å². The van der Waals surface area contributed by atoms with Crippen LogP contribution in [0.5, 0.6) is 0 Å². The van der Waals surface area contributed by atoms with Crippen molar-refractivity contribution in [1.29, 1.82) is 0 Å². The van der Waals surface area contributed by atoms with Gasteiger partial charge in [0.15, 0.2) is 0 Å². The number of pyridine rings is 1. The van der Waals surface area contributed by atoms with Crippen LogP contribution in [0.25, 0.3) is 10.6 Å². The predicted molar refractivity (Wildman–Crippen MR) is 81.9 cm³/mol. The van der Waals surface area contributed by atoms with Gasteiger partial charge in [-0.15, -0.1) is 11.3 Å². The minimum Gasteiger partial charge on any atom is -0.351 e. The fourth-order valence-corrected chi connectivity index (χ4v) is 2.77. The molecule has 0 aromatic carbocycles. The van der Waals surface area contributed by atoms with Gasteiger partial charge >= 0.3 is 0 Å². The smallest absolute Gasteiger partial charge is 0.263 e. The Morgan fingerprint density at radius 2 is 2.05 bits per heavy atom. The van der Waals surface area contributed by atoms with Gasteiger partial charge < -0.3 is 5.32 Å². The topological polar surface area (TPSA) is 54.9 Å². The minimum absolute atomic E-state index is 0.0269. The molecule has 0 saturated carbocycles. The third-order valence-electron chi connectivity index (χ3n) is 2.94. The SMILES string of the molecule is Cc1nc(-c2ccncc2)sc1C(=O)NCCC(C)C. The van der Waals surface area contributed by atoms with Crippen molar-refractivity contribution in [2.45, 2.75) is 27.2 Å². The third kappa shape index (κ3) is 3.63. The highest BCUT2D eigenvalue weighted by Crippen LogP contribution is 2.27. The second-order valence-corrected chi connectivity index (χ2v) is 6.11. The van der Waals surface area contributed by atoms with Crippen molar-refractivity contribution in [3.05, 3.63) is 35.1 Å². The Morgan fingerprint density at radius 3 is 2.70 bits per heavy atom. The van der Waals surface area contributed by atoms with Crippen LogP contribution in [0.15, 0.2) is 24.5 Å². The first-order valence-corrected chi connectivity index (χ1v) is 7.55. The molecule has 0 saturated heterocycles. The normalized spacial score (nSPS) is 10.8. The largest absolute Gasteiger partial charge is 0.351 e. The van der Waals surface area contributed by atoms with Crippen molar-refractivity contribution in [3.8, 4) is 10.6 Å². The number of nitrogens with zero attached hydrogens (tertiary/aromatic N) is 2. The summed E-state index contributed by atoms with van der Waals surface area (Å²) in [6.45, 7) is 6.87. The molecule has 106 valence electrons. The second kappa shape index (κ2) is 6.61. The van der Waals surface area contributed by atoms with E-state index in [1.807, 2.05) is 19.1 Å². The Balaban J connectivity index is 2.10. The summed E-state index contributed by atoms with van der Waals surface area (Å²) in [5, 5.41) is 3.82. The zero-order valence-corrected chi connectivity index (χ0v) is 12.8. The lowest BCUT2D eigenvalue weighted by atomic mass is 10.1. The number of aromatic nitrogens is 2. The van der Waals surface area contributed by atoms with Gasteiger partial charge in [-0.1, -0.05) is 13.8 Å². The van der Waals surface area contributed by atoms with E-state index in [1.165, 1.54) is 11.3 Å². The number of rotatable bonds is 5. The van der Waals surface area contributed by atoms with E-state index < -0.39 is 0 Å². The van der Waals surface area contributed by atoms with E-state index in [4.69, 9.17) is 0 Å². The summed E-state index contributed by atoms with van der Waals surface area (Å²) < 4.78 is 0. The average Bonchev–Trinajstić information content (AvgIpc) is 2.81. The first-order valence-electron chi connectivity index (χ1n) is 6.74. The summed E-state index contributed by atoms with van der Waals surface area (Å²) in [5.74, 6) is 0.561. The summed E-state index contributed by atoms with van der Waals surface area (Å²) in [6.07, 6.45) is 4.45. The highest BCUT2D eigenvalue weighted by atomic mass is 32.1. The van der Waals surface area contributed by atoms with E-state index >= 15 is 0 Å². The first kappa shape index (κ1) is 14.7. The molecule has 0 fully saturated rings. The number of carbonyl (C=O) groups is 1. The van der Waals surface area contributed by atoms with E-state index in [0.717, 1.165) is 22.7 Å². The fourth-order valence-electron chi connectivity index (χ4n) is 1.78. The molecule has 0 spiro atoms. The van der Waals surface area contributed by atoms with Gasteiger partial charge in [0.2, 0.25) is 0 Å². The summed E-state index contributed by atoms with van der Waals surface area (Å²) in [6, 6.07) is 3.80. The van der Waals surface area contributed by atoms with Gasteiger partial charge in [0, 0.05) is 24.5 Å². The van der Waals surface area contributed by atoms with E-state index in [-0.39, 0.29) is 5.91 Å². The van der Waals surface area contributed by atoms with Gasteiger partial charge in [-0.3, -0.25) is 9.78 Å². The van der Waals surface area contributed by atoms with Crippen LogP contribution >= 0.6 is 11.3 Å². The van der Waals surface area contributed by atoms with Crippen LogP contribution in [0.1, 0.15) is 35.6 Å². The highest BCUT2D eigenvalue weighted by molar-refractivity contribution is 7.17. The van der Waals surface area contributed by atoms with Crippen LogP contribution in [-0.2, 0) is 0 Å². The van der Waals surface area contributed by atoms with Crippen LogP contribution in [0.3, 0.4) is 0 Å². The number of hydrogen-bond acceptors (Lipinski definition) is 4. The lowest BCUT2D eigenvalue weighted by Crippen LogP contribution is -2.25. The van der Waals surface area contributed by atoms with Gasteiger partial charge in [-0.25, -0.2) is 4.98 Å². The van der Waals surface area contributed by atoms with Gasteiger partial charge in [-0.05, 0) is 31.4 Å². The molecule has 2 heterocycles. The van der Waals surface area contributed by atoms with Crippen LogP contribution < -0.4 is 5.32 Å². The van der Waals surface area contributed by atoms with E-state index in [0.29, 0.717) is 17.3 Å². The Morgan fingerprint density at radius 1 is 1.35 bits per heavy atom. The molecule has 0 atom stereocenters. The van der Waals surface area contributed by atoms with Crippen molar-refractivity contribution in [1.82, 2.24) is 15.3 Å². The predicted octanol–water partition coefficient (Wildman–Crippen LogP) is 3.29. The highest BCUT2D eigenvalue weighted by Gasteiger charge is 2.15. The average molecular weight is 289 g/mol. The molecule has 20 heavy (non-hydrogen) atoms. The molecule has 4 nitrogen and oxygen atoms in total. The fraction of sp³-hybridized carbons (Fsp3) is 0.400. The summed E-state index contributed by atoms with van der Waals surface area (Å²) in [4.78, 5) is 21.3. The lowest BCUT2D eigenvalue weighted by Gasteiger charge is -2.05. The van der Waals surface area contributed by atoms with Crippen LogP contribution in [0, 0.1) is 12.8 Å². The monoisotopic (exact) mass is 289 g/mol. The minimum atomic E-state index is -0.0269. The molecular weight excluding hydrogens is 270 g/mol. The molecule has 5 heteroatoms. The molecule has 1 amide bonds. The maximum Gasteiger partial charge on any atom is 0.263 e. The number of thiazole rings is 1. The van der Waals surface area contributed by atoms with Gasteiger partial charge in [0.25, 0.3) is 5.91 Å². The molecule has 2 aromatic rings. The van der Waals surface area contributed by atoms with Crippen molar-refractivity contribution >= 4 is 17.2 Å². The second-order valence-electron chi connectivity index (χ2n) is 5.11. The van der Waals surface area contributed by atoms with E-state index in [2.05, 4.69) is 29.1 Å². The zero-order valence-electron chi connectivity index (χ0n) is 12.0. The molecular formula is C15H19N3OS. The van der Waals surface area contributed by atoms with Gasteiger partial charge in [0.1, 0.15) is 9.88 Å². The lowest BCUT2D eigenvalue weighted by molar-refractivity contribution is 0.0955. The molecule has 0 radical (unpaired) electrons. The third-order valence-corrected chi connectivity index (χ3v) is 4.14. The van der Waals surface area contributed by atoms with Crippen LogP contribution in [-0.4, -0.2) is 22.4 Å². The van der Waals surface area contributed by atoms with Crippen LogP contribution in [0.4, 0.5) is 0 Å². The van der Waals surface area contributed by atoms with Crippen molar-refractivity contribution in [2.24, 2.45) is 5.92 Å². The Bertz CT molecular complexity index is 578. The number of hydrogen-bond donors (Lipinski definition) is 1. The number of nitrogens with one attached hydrogen (secondary N) is 1. The van der Waals surface area contributed by atoms with Crippen molar-refractivity contribution in [3.63, 3.8) is 0 Å². The zero-order chi connectivity index (χ0) is 14.5. The molecule has 0 bridgehead atoms.